The third-order valence-electron chi connectivity index (χ3n) is 5.05. The third-order valence-corrected chi connectivity index (χ3v) is 6.88. The molecule has 1 aliphatic rings. The lowest BCUT2D eigenvalue weighted by Gasteiger charge is -2.07. The standard InChI is InChI=1S/C18H24OS.C4H5BO2S.C4H8O/c1-2-3-4-5-6-7-14-19-17-12-10-16(11-13-17)18-9-8-15-20-18;6-5(7)4-2-1-3-8-4;1-2-4-5-3-1/h8-13,15H,2-7,14H2,1H3;1-3,6-7H;1-4H2. The molecule has 3 aromatic rings. The second kappa shape index (κ2) is 17.8. The minimum atomic E-state index is -1.30. The van der Waals surface area contributed by atoms with Crippen molar-refractivity contribution >= 4 is 34.6 Å². The molecule has 7 heteroatoms. The van der Waals surface area contributed by atoms with Crippen molar-refractivity contribution in [3.05, 3.63) is 59.3 Å². The molecule has 0 bridgehead atoms. The van der Waals surface area contributed by atoms with E-state index in [9.17, 15) is 0 Å². The van der Waals surface area contributed by atoms with Crippen molar-refractivity contribution in [1.29, 1.82) is 0 Å². The lowest BCUT2D eigenvalue weighted by molar-refractivity contribution is 0.198. The first-order chi connectivity index (χ1) is 16.2. The molecule has 1 fully saturated rings. The van der Waals surface area contributed by atoms with Gasteiger partial charge in [-0.1, -0.05) is 57.2 Å². The Hall–Kier alpha value is -1.64. The van der Waals surface area contributed by atoms with Crippen molar-refractivity contribution in [3.8, 4) is 16.2 Å². The van der Waals surface area contributed by atoms with Gasteiger partial charge in [0, 0.05) is 22.9 Å². The smallest absolute Gasteiger partial charge is 0.494 e. The number of ether oxygens (including phenoxy) is 2. The van der Waals surface area contributed by atoms with E-state index in [1.165, 1.54) is 66.7 Å². The summed E-state index contributed by atoms with van der Waals surface area (Å²) in [5.74, 6) is 0.985. The third kappa shape index (κ3) is 12.4. The molecule has 2 aromatic heterocycles. The number of benzene rings is 1. The van der Waals surface area contributed by atoms with Crippen molar-refractivity contribution in [1.82, 2.24) is 0 Å². The maximum Gasteiger partial charge on any atom is 0.499 e. The molecule has 0 unspecified atom stereocenters. The lowest BCUT2D eigenvalue weighted by atomic mass is 9.90. The van der Waals surface area contributed by atoms with Crippen LogP contribution in [0.4, 0.5) is 0 Å². The summed E-state index contributed by atoms with van der Waals surface area (Å²) in [5, 5.41) is 20.9. The fourth-order valence-corrected chi connectivity index (χ4v) is 4.51. The van der Waals surface area contributed by atoms with Crippen molar-refractivity contribution in [3.63, 3.8) is 0 Å². The summed E-state index contributed by atoms with van der Waals surface area (Å²) in [6.07, 6.45) is 10.4. The van der Waals surface area contributed by atoms with Crippen LogP contribution in [0.5, 0.6) is 5.75 Å². The Morgan fingerprint density at radius 1 is 0.848 bits per heavy atom. The molecule has 0 aliphatic carbocycles. The minimum absolute atomic E-state index is 0.588. The summed E-state index contributed by atoms with van der Waals surface area (Å²) in [6, 6.07) is 16.1. The van der Waals surface area contributed by atoms with Gasteiger partial charge in [-0.2, -0.15) is 11.3 Å². The van der Waals surface area contributed by atoms with Crippen LogP contribution in [0.1, 0.15) is 58.3 Å². The molecule has 1 saturated heterocycles. The normalized spacial score (nSPS) is 12.3. The number of hydrogen-bond acceptors (Lipinski definition) is 6. The van der Waals surface area contributed by atoms with E-state index in [2.05, 4.69) is 48.7 Å². The quantitative estimate of drug-likeness (QED) is 0.257. The largest absolute Gasteiger partial charge is 0.499 e. The number of hydrogen-bond donors (Lipinski definition) is 2. The molecular weight excluding hydrogens is 451 g/mol. The monoisotopic (exact) mass is 488 g/mol. The molecule has 2 N–H and O–H groups in total. The molecule has 0 amide bonds. The molecule has 180 valence electrons. The van der Waals surface area contributed by atoms with Crippen LogP contribution < -0.4 is 9.51 Å². The molecule has 0 atom stereocenters. The maximum absolute atomic E-state index is 8.48. The van der Waals surface area contributed by atoms with Gasteiger partial charge >= 0.3 is 7.12 Å². The average Bonchev–Trinajstić information content (AvgIpc) is 3.63. The zero-order chi connectivity index (χ0) is 23.6. The van der Waals surface area contributed by atoms with E-state index in [0.717, 1.165) is 32.0 Å². The number of rotatable bonds is 10. The first kappa shape index (κ1) is 27.6. The fraction of sp³-hybridized carbons (Fsp3) is 0.462. The Morgan fingerprint density at radius 2 is 1.52 bits per heavy atom. The topological polar surface area (TPSA) is 58.9 Å². The fourth-order valence-electron chi connectivity index (χ4n) is 3.18. The summed E-state index contributed by atoms with van der Waals surface area (Å²) in [4.78, 5) is 1.31. The van der Waals surface area contributed by atoms with Crippen molar-refractivity contribution in [2.75, 3.05) is 19.8 Å². The van der Waals surface area contributed by atoms with Gasteiger partial charge in [0.25, 0.3) is 0 Å². The van der Waals surface area contributed by atoms with Crippen molar-refractivity contribution < 1.29 is 19.5 Å². The molecule has 4 nitrogen and oxygen atoms in total. The molecule has 4 rings (SSSR count). The van der Waals surface area contributed by atoms with Gasteiger partial charge in [-0.15, -0.1) is 11.3 Å². The van der Waals surface area contributed by atoms with E-state index in [4.69, 9.17) is 19.5 Å². The summed E-state index contributed by atoms with van der Waals surface area (Å²) < 4.78 is 11.3. The zero-order valence-corrected chi connectivity index (χ0v) is 21.3. The Bertz CT molecular complexity index is 794. The first-order valence-corrected chi connectivity index (χ1v) is 13.7. The predicted octanol–water partition coefficient (Wildman–Crippen LogP) is 6.38. The molecule has 0 radical (unpaired) electrons. The number of thiophene rings is 2. The van der Waals surface area contributed by atoms with Crippen LogP contribution in [0.3, 0.4) is 0 Å². The Kier molecular flexibility index (Phi) is 14.9. The zero-order valence-electron chi connectivity index (χ0n) is 19.7. The molecule has 0 saturated carbocycles. The van der Waals surface area contributed by atoms with E-state index in [-0.39, 0.29) is 0 Å². The van der Waals surface area contributed by atoms with Gasteiger partial charge in [-0.25, -0.2) is 0 Å². The second-order valence-corrected chi connectivity index (χ2v) is 9.75. The highest BCUT2D eigenvalue weighted by molar-refractivity contribution is 7.20. The van der Waals surface area contributed by atoms with Crippen LogP contribution in [0.25, 0.3) is 10.4 Å². The van der Waals surface area contributed by atoms with E-state index < -0.39 is 7.12 Å². The average molecular weight is 489 g/mol. The van der Waals surface area contributed by atoms with E-state index in [0.29, 0.717) is 4.78 Å². The Morgan fingerprint density at radius 3 is 2.03 bits per heavy atom. The molecule has 1 aliphatic heterocycles. The van der Waals surface area contributed by atoms with Crippen LogP contribution in [-0.2, 0) is 4.74 Å². The van der Waals surface area contributed by atoms with E-state index in [1.54, 1.807) is 28.8 Å². The SMILES string of the molecule is C1CCOC1.CCCCCCCCOc1ccc(-c2cccs2)cc1.OB(O)c1cccs1. The highest BCUT2D eigenvalue weighted by Gasteiger charge is 2.09. The highest BCUT2D eigenvalue weighted by atomic mass is 32.1. The summed E-state index contributed by atoms with van der Waals surface area (Å²) in [7, 11) is -1.30. The van der Waals surface area contributed by atoms with E-state index in [1.807, 2.05) is 0 Å². The molecule has 33 heavy (non-hydrogen) atoms. The van der Waals surface area contributed by atoms with Gasteiger partial charge in [0.2, 0.25) is 0 Å². The van der Waals surface area contributed by atoms with Crippen molar-refractivity contribution in [2.24, 2.45) is 0 Å². The molecule has 1 aromatic carbocycles. The van der Waals surface area contributed by atoms with Crippen LogP contribution in [0.15, 0.2) is 59.3 Å². The van der Waals surface area contributed by atoms with Gasteiger partial charge in [-0.3, -0.25) is 0 Å². The summed E-state index contributed by atoms with van der Waals surface area (Å²) >= 11 is 3.10. The second-order valence-electron chi connectivity index (χ2n) is 7.83. The van der Waals surface area contributed by atoms with Gasteiger partial charge in [-0.05, 0) is 65.9 Å². The number of unbranched alkanes of at least 4 members (excludes halogenated alkanes) is 5. The van der Waals surface area contributed by atoms with Crippen molar-refractivity contribution in [2.45, 2.75) is 58.3 Å². The van der Waals surface area contributed by atoms with Gasteiger partial charge in [0.05, 0.1) is 6.61 Å². The van der Waals surface area contributed by atoms with Gasteiger partial charge in [0.15, 0.2) is 0 Å². The first-order valence-electron chi connectivity index (χ1n) is 11.9. The van der Waals surface area contributed by atoms with Gasteiger partial charge < -0.3 is 19.5 Å². The van der Waals surface area contributed by atoms with E-state index >= 15 is 0 Å². The molecule has 3 heterocycles. The van der Waals surface area contributed by atoms with Crippen LogP contribution >= 0.6 is 22.7 Å². The molecular formula is C26H37BO4S2. The Balaban J connectivity index is 0.000000240. The summed E-state index contributed by atoms with van der Waals surface area (Å²) in [6.45, 7) is 5.09. The van der Waals surface area contributed by atoms with Crippen LogP contribution in [-0.4, -0.2) is 37.0 Å². The minimum Gasteiger partial charge on any atom is -0.494 e. The summed E-state index contributed by atoms with van der Waals surface area (Å²) in [5.41, 5.74) is 1.27. The van der Waals surface area contributed by atoms with Crippen LogP contribution in [0, 0.1) is 0 Å². The maximum atomic E-state index is 8.48. The Labute approximate surface area is 207 Å². The highest BCUT2D eigenvalue weighted by Crippen LogP contribution is 2.26. The molecule has 0 spiro atoms. The lowest BCUT2D eigenvalue weighted by Crippen LogP contribution is -2.26. The predicted molar refractivity (Wildman–Crippen MR) is 143 cm³/mol. The van der Waals surface area contributed by atoms with Crippen LogP contribution in [0.2, 0.25) is 0 Å². The van der Waals surface area contributed by atoms with Gasteiger partial charge in [0.1, 0.15) is 5.75 Å².